The molecule has 0 radical (unpaired) electrons. The third-order valence-corrected chi connectivity index (χ3v) is 10.9. The van der Waals surface area contributed by atoms with Gasteiger partial charge in [-0.3, -0.25) is 14.5 Å². The first kappa shape index (κ1) is 37.9. The van der Waals surface area contributed by atoms with E-state index >= 15 is 0 Å². The minimum absolute atomic E-state index is 0.0697. The van der Waals surface area contributed by atoms with Crippen LogP contribution in [-0.2, 0) is 21.7 Å². The Labute approximate surface area is 304 Å². The lowest BCUT2D eigenvalue weighted by Gasteiger charge is -2.25. The summed E-state index contributed by atoms with van der Waals surface area (Å²) in [6.45, 7) is 2.56. The summed E-state index contributed by atoms with van der Waals surface area (Å²) in [5, 5.41) is 20.3. The maximum absolute atomic E-state index is 13.1. The number of aliphatic hydroxyl groups is 2. The summed E-state index contributed by atoms with van der Waals surface area (Å²) in [6.07, 6.45) is 13.3. The topological polar surface area (TPSA) is 104 Å². The maximum atomic E-state index is 13.1. The number of nitrogens with one attached hydrogen (secondary N) is 1. The van der Waals surface area contributed by atoms with Crippen LogP contribution in [0.25, 0.3) is 11.1 Å². The first-order valence-corrected chi connectivity index (χ1v) is 20.1. The van der Waals surface area contributed by atoms with Crippen LogP contribution < -0.4 is 9.46 Å². The van der Waals surface area contributed by atoms with Crippen LogP contribution in [0.2, 0.25) is 5.02 Å². The van der Waals surface area contributed by atoms with Crippen LogP contribution in [0.4, 0.5) is 0 Å². The van der Waals surface area contributed by atoms with Crippen LogP contribution in [0.15, 0.2) is 65.8 Å². The molecule has 0 spiro atoms. The maximum Gasteiger partial charge on any atom is 0.251 e. The lowest BCUT2D eigenvalue weighted by atomic mass is 9.96. The molecular weight excluding hydrogens is 678 g/mol. The minimum atomic E-state index is -1.02. The number of carbonyl (C=O) groups excluding carboxylic acids is 1. The number of benzene rings is 2. The van der Waals surface area contributed by atoms with Gasteiger partial charge in [0.2, 0.25) is 0 Å². The van der Waals surface area contributed by atoms with Crippen LogP contribution in [0.5, 0.6) is 5.75 Å². The van der Waals surface area contributed by atoms with Gasteiger partial charge in [-0.15, -0.1) is 11.8 Å². The zero-order valence-electron chi connectivity index (χ0n) is 28.4. The number of amides is 1. The van der Waals surface area contributed by atoms with Gasteiger partial charge in [-0.1, -0.05) is 41.7 Å². The summed E-state index contributed by atoms with van der Waals surface area (Å²) in [5.74, 6) is 1.52. The zero-order chi connectivity index (χ0) is 34.5. The molecule has 2 aromatic carbocycles. The second-order valence-electron chi connectivity index (χ2n) is 12.8. The van der Waals surface area contributed by atoms with E-state index < -0.39 is 11.7 Å². The summed E-state index contributed by atoms with van der Waals surface area (Å²) >= 11 is 10.0. The van der Waals surface area contributed by atoms with Crippen LogP contribution in [0.3, 0.4) is 0 Å². The van der Waals surface area contributed by atoms with E-state index in [9.17, 15) is 9.90 Å². The van der Waals surface area contributed by atoms with Crippen molar-refractivity contribution in [1.82, 2.24) is 14.6 Å². The van der Waals surface area contributed by atoms with E-state index in [1.165, 1.54) is 0 Å². The van der Waals surface area contributed by atoms with Crippen molar-refractivity contribution in [3.8, 4) is 16.9 Å². The molecule has 1 unspecified atom stereocenters. The molecule has 1 atom stereocenters. The number of pyridine rings is 1. The van der Waals surface area contributed by atoms with Crippen molar-refractivity contribution in [2.45, 2.75) is 93.5 Å². The average molecular weight is 728 g/mol. The number of carbonyl (C=O) groups is 1. The molecule has 2 aliphatic carbocycles. The van der Waals surface area contributed by atoms with Gasteiger partial charge in [0, 0.05) is 59.7 Å². The molecule has 1 heterocycles. The highest BCUT2D eigenvalue weighted by molar-refractivity contribution is 7.99. The van der Waals surface area contributed by atoms with E-state index in [2.05, 4.69) is 27.9 Å². The van der Waals surface area contributed by atoms with Crippen molar-refractivity contribution in [3.63, 3.8) is 0 Å². The largest absolute Gasteiger partial charge is 0.490 e. The molecule has 2 fully saturated rings. The molecule has 2 aliphatic rings. The van der Waals surface area contributed by atoms with Gasteiger partial charge in [0.15, 0.2) is 0 Å². The Bertz CT molecular complexity index is 1490. The number of ether oxygens (including phenoxy) is 2. The molecule has 0 saturated heterocycles. The first-order valence-electron chi connectivity index (χ1n) is 17.5. The van der Waals surface area contributed by atoms with Crippen LogP contribution in [0, 0.1) is 0 Å². The third-order valence-electron chi connectivity index (χ3n) is 8.96. The molecule has 1 amide bonds. The number of para-hydroxylation sites is 1. The number of hydrogen-bond acceptors (Lipinski definition) is 9. The van der Waals surface area contributed by atoms with Crippen molar-refractivity contribution in [3.05, 3.63) is 77.1 Å². The molecule has 3 aromatic rings. The van der Waals surface area contributed by atoms with Gasteiger partial charge in [-0.25, -0.2) is 0 Å². The number of nitrogens with zero attached hydrogens (tertiary/aromatic N) is 2. The average Bonchev–Trinajstić information content (AvgIpc) is 4.07. The van der Waals surface area contributed by atoms with E-state index in [0.29, 0.717) is 50.1 Å². The highest BCUT2D eigenvalue weighted by atomic mass is 35.5. The summed E-state index contributed by atoms with van der Waals surface area (Å²) in [6, 6.07) is 16.4. The zero-order valence-corrected chi connectivity index (χ0v) is 30.8. The number of aromatic nitrogens is 1. The predicted molar refractivity (Wildman–Crippen MR) is 200 cm³/mol. The minimum Gasteiger partial charge on any atom is -0.490 e. The number of thioether (sulfide) groups is 1. The van der Waals surface area contributed by atoms with Crippen LogP contribution in [0.1, 0.15) is 75.3 Å². The van der Waals surface area contributed by atoms with Gasteiger partial charge in [-0.2, -0.15) is 0 Å². The number of unbranched alkanes of at least 4 members (excludes halogenated alkanes) is 2. The standard InChI is InChI=1S/C38H50ClN3O5S2/c1-48-41-19-5-6-21-42(37(45)35(44)10-4-7-23-43)22-8-24-49-30-14-15-34(39)28(25-30)27-46-38(17-18-38)33-26-40-20-16-31(33)32-9-2-3-11-36(32)47-29-12-13-29/h2-3,9,11,14-16,20,25-26,29,35,41,43-44H,4-8,10,12-13,17-19,21-24,27H2,1H3. The normalized spacial score (nSPS) is 15.6. The van der Waals surface area contributed by atoms with Gasteiger partial charge < -0.3 is 24.6 Å². The molecule has 11 heteroatoms. The molecular formula is C38H50ClN3O5S2. The molecule has 0 aliphatic heterocycles. The lowest BCUT2D eigenvalue weighted by molar-refractivity contribution is -0.140. The smallest absolute Gasteiger partial charge is 0.251 e. The second kappa shape index (κ2) is 19.3. The Morgan fingerprint density at radius 3 is 2.67 bits per heavy atom. The summed E-state index contributed by atoms with van der Waals surface area (Å²) < 4.78 is 16.2. The highest BCUT2D eigenvalue weighted by Gasteiger charge is 2.47. The summed E-state index contributed by atoms with van der Waals surface area (Å²) in [5.41, 5.74) is 3.79. The Balaban J connectivity index is 1.17. The Kier molecular flexibility index (Phi) is 15.0. The van der Waals surface area contributed by atoms with Gasteiger partial charge in [0.05, 0.1) is 18.3 Å². The van der Waals surface area contributed by atoms with E-state index in [1.54, 1.807) is 23.7 Å². The number of halogens is 1. The van der Waals surface area contributed by atoms with Crippen LogP contribution in [-0.4, -0.2) is 76.5 Å². The molecule has 0 bridgehead atoms. The number of rotatable bonds is 23. The Morgan fingerprint density at radius 2 is 1.90 bits per heavy atom. The second-order valence-corrected chi connectivity index (χ2v) is 15.1. The van der Waals surface area contributed by atoms with Gasteiger partial charge in [0.1, 0.15) is 11.9 Å². The SMILES string of the molecule is CSNCCCCN(CCCSc1ccc(Cl)c(COC2(c3cnccc3-c3ccccc3OC3CC3)CC2)c1)C(=O)C(O)CCCCO. The Morgan fingerprint density at radius 1 is 1.08 bits per heavy atom. The fraction of sp³-hybridized carbons (Fsp3) is 0.526. The van der Waals surface area contributed by atoms with Crippen molar-refractivity contribution >= 4 is 41.2 Å². The number of hydrogen-bond donors (Lipinski definition) is 3. The summed E-state index contributed by atoms with van der Waals surface area (Å²) in [4.78, 5) is 20.5. The fourth-order valence-corrected chi connectivity index (χ4v) is 7.30. The molecule has 49 heavy (non-hydrogen) atoms. The van der Waals surface area contributed by atoms with Crippen molar-refractivity contribution in [1.29, 1.82) is 0 Å². The van der Waals surface area contributed by atoms with Crippen molar-refractivity contribution in [2.75, 3.05) is 38.2 Å². The molecule has 3 N–H and O–H groups in total. The first-order chi connectivity index (χ1) is 23.9. The van der Waals surface area contributed by atoms with E-state index in [-0.39, 0.29) is 12.5 Å². The molecule has 1 aromatic heterocycles. The van der Waals surface area contributed by atoms with Gasteiger partial charge in [-0.05, 0) is 118 Å². The third kappa shape index (κ3) is 11.3. The van der Waals surface area contributed by atoms with Gasteiger partial charge in [0.25, 0.3) is 5.91 Å². The molecule has 2 saturated carbocycles. The van der Waals surface area contributed by atoms with E-state index in [4.69, 9.17) is 26.2 Å². The molecule has 8 nitrogen and oxygen atoms in total. The fourth-order valence-electron chi connectivity index (χ4n) is 5.89. The quantitative estimate of drug-likeness (QED) is 0.0517. The molecule has 5 rings (SSSR count). The van der Waals surface area contributed by atoms with E-state index in [1.807, 2.05) is 53.9 Å². The highest BCUT2D eigenvalue weighted by Crippen LogP contribution is 2.53. The van der Waals surface area contributed by atoms with Crippen molar-refractivity contribution < 1.29 is 24.5 Å². The number of aliphatic hydroxyl groups excluding tert-OH is 2. The van der Waals surface area contributed by atoms with Crippen LogP contribution >= 0.6 is 35.3 Å². The monoisotopic (exact) mass is 727 g/mol. The van der Waals surface area contributed by atoms with E-state index in [0.717, 1.165) is 90.1 Å². The molecule has 266 valence electrons. The predicted octanol–water partition coefficient (Wildman–Crippen LogP) is 7.63. The Hall–Kier alpha value is -2.31. The summed E-state index contributed by atoms with van der Waals surface area (Å²) in [7, 11) is 0. The van der Waals surface area contributed by atoms with Crippen molar-refractivity contribution in [2.24, 2.45) is 0 Å². The van der Waals surface area contributed by atoms with Gasteiger partial charge >= 0.3 is 0 Å². The lowest BCUT2D eigenvalue weighted by Crippen LogP contribution is -2.40.